The maximum absolute atomic E-state index is 12.3. The first kappa shape index (κ1) is 13.1. The molecule has 1 atom stereocenters. The fourth-order valence-corrected chi connectivity index (χ4v) is 2.50. The van der Waals surface area contributed by atoms with Crippen LogP contribution in [0.2, 0.25) is 0 Å². The number of amides is 1. The highest BCUT2D eigenvalue weighted by molar-refractivity contribution is 5.84. The van der Waals surface area contributed by atoms with Crippen molar-refractivity contribution in [3.63, 3.8) is 0 Å². The highest BCUT2D eigenvalue weighted by atomic mass is 16.2. The first-order valence-corrected chi connectivity index (χ1v) is 6.65. The van der Waals surface area contributed by atoms with Gasteiger partial charge in [0, 0.05) is 6.54 Å². The van der Waals surface area contributed by atoms with Crippen LogP contribution in [0.5, 0.6) is 0 Å². The Kier molecular flexibility index (Phi) is 3.71. The van der Waals surface area contributed by atoms with Gasteiger partial charge in [0.05, 0.1) is 11.5 Å². The van der Waals surface area contributed by atoms with Gasteiger partial charge in [0.2, 0.25) is 5.91 Å². The van der Waals surface area contributed by atoms with E-state index in [0.717, 1.165) is 24.8 Å². The molecular weight excluding hydrogens is 224 g/mol. The highest BCUT2D eigenvalue weighted by Crippen LogP contribution is 2.40. The first-order chi connectivity index (χ1) is 8.57. The number of carbonyl (C=O) groups is 1. The molecule has 1 aromatic carbocycles. The van der Waals surface area contributed by atoms with Crippen molar-refractivity contribution in [2.45, 2.75) is 39.2 Å². The Labute approximate surface area is 109 Å². The van der Waals surface area contributed by atoms with E-state index in [0.29, 0.717) is 6.54 Å². The van der Waals surface area contributed by atoms with Crippen LogP contribution in [0.1, 0.15) is 43.4 Å². The zero-order chi connectivity index (χ0) is 13.2. The van der Waals surface area contributed by atoms with Crippen LogP contribution in [0.25, 0.3) is 0 Å². The summed E-state index contributed by atoms with van der Waals surface area (Å²) in [6, 6.07) is 8.29. The third-order valence-electron chi connectivity index (χ3n) is 4.07. The fraction of sp³-hybridized carbons (Fsp3) is 0.533. The minimum Gasteiger partial charge on any atom is -0.349 e. The average Bonchev–Trinajstić information content (AvgIpc) is 2.28. The molecule has 0 radical (unpaired) electrons. The lowest BCUT2D eigenvalue weighted by molar-refractivity contribution is -0.135. The third-order valence-corrected chi connectivity index (χ3v) is 4.07. The maximum Gasteiger partial charge on any atom is 0.227 e. The monoisotopic (exact) mass is 246 g/mol. The van der Waals surface area contributed by atoms with Gasteiger partial charge in [-0.15, -0.1) is 0 Å². The molecule has 0 aromatic heterocycles. The van der Waals surface area contributed by atoms with Gasteiger partial charge in [-0.1, -0.05) is 36.2 Å². The maximum atomic E-state index is 12.3. The summed E-state index contributed by atoms with van der Waals surface area (Å²) in [6.07, 6.45) is 2.97. The second-order valence-electron chi connectivity index (χ2n) is 5.45. The van der Waals surface area contributed by atoms with Crippen molar-refractivity contribution >= 4 is 5.91 Å². The molecule has 1 aliphatic rings. The first-order valence-electron chi connectivity index (χ1n) is 6.65. The van der Waals surface area contributed by atoms with Gasteiger partial charge >= 0.3 is 0 Å². The molecule has 18 heavy (non-hydrogen) atoms. The molecule has 0 spiro atoms. The van der Waals surface area contributed by atoms with Gasteiger partial charge in [0.25, 0.3) is 0 Å². The Morgan fingerprint density at radius 2 is 2.22 bits per heavy atom. The predicted octanol–water partition coefficient (Wildman–Crippen LogP) is 2.30. The van der Waals surface area contributed by atoms with Crippen LogP contribution < -0.4 is 11.1 Å². The quantitative estimate of drug-likeness (QED) is 0.856. The highest BCUT2D eigenvalue weighted by Gasteiger charge is 2.43. The summed E-state index contributed by atoms with van der Waals surface area (Å²) < 4.78 is 0. The van der Waals surface area contributed by atoms with Crippen molar-refractivity contribution in [1.82, 2.24) is 5.32 Å². The molecule has 1 aromatic rings. The number of hydrogen-bond acceptors (Lipinski definition) is 2. The zero-order valence-corrected chi connectivity index (χ0v) is 11.2. The van der Waals surface area contributed by atoms with Crippen LogP contribution >= 0.6 is 0 Å². The second kappa shape index (κ2) is 5.11. The fourth-order valence-electron chi connectivity index (χ4n) is 2.50. The molecule has 0 aliphatic heterocycles. The van der Waals surface area contributed by atoms with Crippen LogP contribution in [-0.4, -0.2) is 12.5 Å². The smallest absolute Gasteiger partial charge is 0.227 e. The van der Waals surface area contributed by atoms with Gasteiger partial charge in [-0.2, -0.15) is 0 Å². The minimum atomic E-state index is -0.294. The van der Waals surface area contributed by atoms with Gasteiger partial charge in [-0.25, -0.2) is 0 Å². The van der Waals surface area contributed by atoms with E-state index in [1.807, 2.05) is 19.1 Å². The molecule has 3 nitrogen and oxygen atoms in total. The summed E-state index contributed by atoms with van der Waals surface area (Å²) in [5, 5.41) is 3.10. The normalized spacial score (nSPS) is 18.8. The van der Waals surface area contributed by atoms with E-state index in [4.69, 9.17) is 5.73 Å². The molecule has 2 rings (SSSR count). The van der Waals surface area contributed by atoms with Crippen LogP contribution in [0, 0.1) is 12.3 Å². The summed E-state index contributed by atoms with van der Waals surface area (Å²) in [5.41, 5.74) is 7.82. The van der Waals surface area contributed by atoms with E-state index in [2.05, 4.69) is 24.4 Å². The molecule has 0 heterocycles. The van der Waals surface area contributed by atoms with Crippen molar-refractivity contribution in [1.29, 1.82) is 0 Å². The summed E-state index contributed by atoms with van der Waals surface area (Å²) >= 11 is 0. The van der Waals surface area contributed by atoms with E-state index < -0.39 is 0 Å². The zero-order valence-electron chi connectivity index (χ0n) is 11.2. The summed E-state index contributed by atoms with van der Waals surface area (Å²) in [7, 11) is 0. The van der Waals surface area contributed by atoms with E-state index >= 15 is 0 Å². The lowest BCUT2D eigenvalue weighted by Crippen LogP contribution is -2.50. The summed E-state index contributed by atoms with van der Waals surface area (Å²) in [5.74, 6) is 0.116. The number of benzene rings is 1. The van der Waals surface area contributed by atoms with E-state index in [1.165, 1.54) is 5.56 Å². The Balaban J connectivity index is 2.03. The number of hydrogen-bond donors (Lipinski definition) is 2. The topological polar surface area (TPSA) is 55.1 Å². The minimum absolute atomic E-state index is 0.0430. The number of rotatable bonds is 4. The van der Waals surface area contributed by atoms with Gasteiger partial charge in [0.1, 0.15) is 0 Å². The number of aryl methyl sites for hydroxylation is 1. The Morgan fingerprint density at radius 3 is 2.72 bits per heavy atom. The predicted molar refractivity (Wildman–Crippen MR) is 73.1 cm³/mol. The van der Waals surface area contributed by atoms with Crippen LogP contribution in [0.15, 0.2) is 24.3 Å². The standard InChI is InChI=1S/C15H22N2O/c1-11-5-3-6-13(9-11)12(2)17-14(18)15(10-16)7-4-8-15/h3,5-6,9,12H,4,7-8,10,16H2,1-2H3,(H,17,18)/t12-/m1/s1. The number of carbonyl (C=O) groups excluding carboxylic acids is 1. The molecule has 0 saturated heterocycles. The van der Waals surface area contributed by atoms with E-state index in [9.17, 15) is 4.79 Å². The van der Waals surface area contributed by atoms with Crippen molar-refractivity contribution < 1.29 is 4.79 Å². The SMILES string of the molecule is Cc1cccc([C@@H](C)NC(=O)C2(CN)CCC2)c1. The molecular formula is C15H22N2O. The number of nitrogens with two attached hydrogens (primary N) is 1. The van der Waals surface area contributed by atoms with Gasteiger partial charge in [-0.05, 0) is 32.3 Å². The molecule has 1 aliphatic carbocycles. The molecule has 1 saturated carbocycles. The molecule has 0 unspecified atom stereocenters. The van der Waals surface area contributed by atoms with Crippen molar-refractivity contribution in [2.75, 3.05) is 6.54 Å². The summed E-state index contributed by atoms with van der Waals surface area (Å²) in [6.45, 7) is 4.54. The molecule has 1 fully saturated rings. The lowest BCUT2D eigenvalue weighted by Gasteiger charge is -2.39. The largest absolute Gasteiger partial charge is 0.349 e. The van der Waals surface area contributed by atoms with Crippen LogP contribution in [0.3, 0.4) is 0 Å². The number of nitrogens with one attached hydrogen (secondary N) is 1. The lowest BCUT2D eigenvalue weighted by atomic mass is 9.68. The Bertz CT molecular complexity index is 432. The molecule has 98 valence electrons. The Morgan fingerprint density at radius 1 is 1.50 bits per heavy atom. The van der Waals surface area contributed by atoms with Gasteiger partial charge < -0.3 is 11.1 Å². The van der Waals surface area contributed by atoms with E-state index in [-0.39, 0.29) is 17.4 Å². The van der Waals surface area contributed by atoms with Crippen molar-refractivity contribution in [2.24, 2.45) is 11.1 Å². The van der Waals surface area contributed by atoms with Crippen LogP contribution in [-0.2, 0) is 4.79 Å². The molecule has 3 heteroatoms. The second-order valence-corrected chi connectivity index (χ2v) is 5.45. The Hall–Kier alpha value is -1.35. The van der Waals surface area contributed by atoms with Gasteiger partial charge in [-0.3, -0.25) is 4.79 Å². The van der Waals surface area contributed by atoms with Crippen LogP contribution in [0.4, 0.5) is 0 Å². The van der Waals surface area contributed by atoms with Gasteiger partial charge in [0.15, 0.2) is 0 Å². The van der Waals surface area contributed by atoms with Crippen molar-refractivity contribution in [3.05, 3.63) is 35.4 Å². The van der Waals surface area contributed by atoms with E-state index in [1.54, 1.807) is 0 Å². The average molecular weight is 246 g/mol. The summed E-state index contributed by atoms with van der Waals surface area (Å²) in [4.78, 5) is 12.3. The molecule has 1 amide bonds. The third kappa shape index (κ3) is 2.41. The van der Waals surface area contributed by atoms with Crippen molar-refractivity contribution in [3.8, 4) is 0 Å². The molecule has 3 N–H and O–H groups in total. The molecule has 0 bridgehead atoms.